The van der Waals surface area contributed by atoms with E-state index in [2.05, 4.69) is 69.4 Å². The molecule has 4 rings (SSSR count). The number of nitrogens with one attached hydrogen (secondary N) is 1. The molecule has 2 aliphatic heterocycles. The van der Waals surface area contributed by atoms with Crippen LogP contribution in [0.4, 0.5) is 4.48 Å². The van der Waals surface area contributed by atoms with E-state index in [1.807, 2.05) is 27.7 Å². The van der Waals surface area contributed by atoms with Gasteiger partial charge in [0.2, 0.25) is 0 Å². The Balaban J connectivity index is 1.62. The first-order valence-corrected chi connectivity index (χ1v) is 12.0. The van der Waals surface area contributed by atoms with Crippen LogP contribution >= 0.6 is 0 Å². The molecular weight excluding hydrogens is 383 g/mol. The summed E-state index contributed by atoms with van der Waals surface area (Å²) in [6.07, 6.45) is 4.00. The van der Waals surface area contributed by atoms with Crippen LogP contribution in [0.3, 0.4) is 0 Å². The zero-order chi connectivity index (χ0) is 22.8. The molecule has 0 unspecified atom stereocenters. The van der Waals surface area contributed by atoms with Gasteiger partial charge in [-0.2, -0.15) is 0 Å². The fraction of sp³-hybridized carbons (Fsp3) is 0.643. The van der Waals surface area contributed by atoms with Crippen LogP contribution in [0.2, 0.25) is 0 Å². The standard InChI is InChI=1S/C28H41FN2/c1-25(2)15-23(16-26(3,4)30-25)21-11-9-20-14-22(12-10-19(20)13-21)24-17-27(5,6)31(29)28(7,8)18-24/h9-14,23-24,30H,15-18H2,1-8H3. The maximum absolute atomic E-state index is 14.8. The molecule has 2 heterocycles. The first-order chi connectivity index (χ1) is 14.2. The average molecular weight is 425 g/mol. The van der Waals surface area contributed by atoms with E-state index in [4.69, 9.17) is 0 Å². The topological polar surface area (TPSA) is 15.3 Å². The zero-order valence-electron chi connectivity index (χ0n) is 20.8. The average Bonchev–Trinajstić information content (AvgIpc) is 2.62. The number of piperidine rings is 2. The second-order valence-corrected chi connectivity index (χ2v) is 12.9. The highest BCUT2D eigenvalue weighted by atomic mass is 19.2. The molecule has 31 heavy (non-hydrogen) atoms. The monoisotopic (exact) mass is 424 g/mol. The van der Waals surface area contributed by atoms with Crippen molar-refractivity contribution in [2.75, 3.05) is 0 Å². The summed E-state index contributed by atoms with van der Waals surface area (Å²) < 4.78 is 14.8. The van der Waals surface area contributed by atoms with Crippen molar-refractivity contribution in [3.05, 3.63) is 47.5 Å². The molecule has 0 aliphatic carbocycles. The molecule has 170 valence electrons. The molecule has 2 aromatic rings. The minimum Gasteiger partial charge on any atom is -0.307 e. The number of hydrogen-bond donors (Lipinski definition) is 1. The van der Waals surface area contributed by atoms with Crippen molar-refractivity contribution < 1.29 is 4.48 Å². The zero-order valence-corrected chi connectivity index (χ0v) is 20.8. The highest BCUT2D eigenvalue weighted by Crippen LogP contribution is 2.46. The minimum absolute atomic E-state index is 0.149. The molecule has 1 N–H and O–H groups in total. The maximum Gasteiger partial charge on any atom is 0.0468 e. The van der Waals surface area contributed by atoms with Crippen LogP contribution in [0.1, 0.15) is 104 Å². The highest BCUT2D eigenvalue weighted by molar-refractivity contribution is 5.84. The van der Waals surface area contributed by atoms with Gasteiger partial charge in [0.15, 0.2) is 0 Å². The number of nitrogens with zero attached hydrogens (tertiary/aromatic N) is 1. The van der Waals surface area contributed by atoms with Crippen molar-refractivity contribution in [3.8, 4) is 0 Å². The van der Waals surface area contributed by atoms with E-state index >= 15 is 0 Å². The Labute approximate surface area is 188 Å². The van der Waals surface area contributed by atoms with Crippen LogP contribution in [0.25, 0.3) is 10.8 Å². The van der Waals surface area contributed by atoms with Crippen LogP contribution in [0.5, 0.6) is 0 Å². The fourth-order valence-electron chi connectivity index (χ4n) is 6.84. The molecular formula is C28H41FN2. The molecule has 3 heteroatoms. The second-order valence-electron chi connectivity index (χ2n) is 12.9. The quantitative estimate of drug-likeness (QED) is 0.503. The first kappa shape index (κ1) is 22.7. The Morgan fingerprint density at radius 1 is 0.677 bits per heavy atom. The van der Waals surface area contributed by atoms with Gasteiger partial charge in [-0.3, -0.25) is 0 Å². The molecule has 0 bridgehead atoms. The molecule has 0 radical (unpaired) electrons. The maximum atomic E-state index is 14.8. The van der Waals surface area contributed by atoms with Gasteiger partial charge < -0.3 is 5.32 Å². The molecule has 2 nitrogen and oxygen atoms in total. The van der Waals surface area contributed by atoms with Crippen molar-refractivity contribution in [1.82, 2.24) is 10.4 Å². The molecule has 2 aromatic carbocycles. The van der Waals surface area contributed by atoms with Crippen molar-refractivity contribution in [3.63, 3.8) is 0 Å². The van der Waals surface area contributed by atoms with Gasteiger partial charge in [-0.15, -0.1) is 9.60 Å². The summed E-state index contributed by atoms with van der Waals surface area (Å²) in [6.45, 7) is 17.4. The number of rotatable bonds is 2. The minimum atomic E-state index is -0.445. The SMILES string of the molecule is CC1(C)CC(c2ccc3cc(C4CC(C)(C)N(F)C(C)(C)C4)ccc3c2)CC(C)(C)N1. The van der Waals surface area contributed by atoms with Gasteiger partial charge in [0.1, 0.15) is 0 Å². The Kier molecular flexibility index (Phi) is 5.34. The van der Waals surface area contributed by atoms with Gasteiger partial charge in [0.25, 0.3) is 0 Å². The third-order valence-electron chi connectivity index (χ3n) is 7.58. The summed E-state index contributed by atoms with van der Waals surface area (Å²) in [5.74, 6) is 0.956. The van der Waals surface area contributed by atoms with Crippen molar-refractivity contribution >= 4 is 10.8 Å². The summed E-state index contributed by atoms with van der Waals surface area (Å²) in [5, 5.41) is 7.49. The molecule has 2 saturated heterocycles. The predicted octanol–water partition coefficient (Wildman–Crippen LogP) is 7.49. The Morgan fingerprint density at radius 3 is 1.48 bits per heavy atom. The third kappa shape index (κ3) is 4.54. The van der Waals surface area contributed by atoms with E-state index in [1.54, 1.807) is 0 Å². The number of hydrogen-bond acceptors (Lipinski definition) is 2. The highest BCUT2D eigenvalue weighted by Gasteiger charge is 2.46. The van der Waals surface area contributed by atoms with Crippen LogP contribution in [-0.4, -0.2) is 27.3 Å². The van der Waals surface area contributed by atoms with Crippen LogP contribution < -0.4 is 5.32 Å². The molecule has 0 aromatic heterocycles. The third-order valence-corrected chi connectivity index (χ3v) is 7.58. The predicted molar refractivity (Wildman–Crippen MR) is 130 cm³/mol. The van der Waals surface area contributed by atoms with E-state index in [1.165, 1.54) is 21.9 Å². The van der Waals surface area contributed by atoms with Crippen molar-refractivity contribution in [1.29, 1.82) is 0 Å². The van der Waals surface area contributed by atoms with Crippen molar-refractivity contribution in [2.24, 2.45) is 0 Å². The fourth-order valence-corrected chi connectivity index (χ4v) is 6.84. The summed E-state index contributed by atoms with van der Waals surface area (Å²) in [7, 11) is 0. The van der Waals surface area contributed by atoms with Gasteiger partial charge in [0.05, 0.1) is 0 Å². The van der Waals surface area contributed by atoms with E-state index in [0.717, 1.165) is 30.8 Å². The normalized spacial score (nSPS) is 26.2. The lowest BCUT2D eigenvalue weighted by atomic mass is 9.72. The second kappa shape index (κ2) is 7.28. The molecule has 2 aliphatic rings. The lowest BCUT2D eigenvalue weighted by Gasteiger charge is -2.50. The van der Waals surface area contributed by atoms with Crippen molar-refractivity contribution in [2.45, 2.75) is 115 Å². The lowest BCUT2D eigenvalue weighted by Crippen LogP contribution is -2.57. The van der Waals surface area contributed by atoms with Crippen LogP contribution in [0, 0.1) is 0 Å². The number of benzene rings is 2. The first-order valence-electron chi connectivity index (χ1n) is 12.0. The Hall–Kier alpha value is -1.45. The van der Waals surface area contributed by atoms with Gasteiger partial charge in [-0.1, -0.05) is 36.4 Å². The summed E-state index contributed by atoms with van der Waals surface area (Å²) in [4.78, 5) is 0. The van der Waals surface area contributed by atoms with Crippen LogP contribution in [-0.2, 0) is 0 Å². The van der Waals surface area contributed by atoms with E-state index in [9.17, 15) is 4.48 Å². The van der Waals surface area contributed by atoms with Gasteiger partial charge in [0, 0.05) is 22.2 Å². The molecule has 0 spiro atoms. The number of fused-ring (bicyclic) bond motifs is 1. The van der Waals surface area contributed by atoms with Crippen LogP contribution in [0.15, 0.2) is 36.4 Å². The van der Waals surface area contributed by atoms with E-state index in [0.29, 0.717) is 11.8 Å². The van der Waals surface area contributed by atoms with E-state index < -0.39 is 11.1 Å². The summed E-state index contributed by atoms with van der Waals surface area (Å²) in [6, 6.07) is 14.0. The molecule has 0 atom stereocenters. The van der Waals surface area contributed by atoms with Gasteiger partial charge >= 0.3 is 0 Å². The molecule has 0 saturated carbocycles. The molecule has 2 fully saturated rings. The van der Waals surface area contributed by atoms with Gasteiger partial charge in [-0.05, 0) is 115 Å². The number of halogens is 1. The summed E-state index contributed by atoms with van der Waals surface area (Å²) in [5.41, 5.74) is 2.21. The largest absolute Gasteiger partial charge is 0.307 e. The Bertz CT molecular complexity index is 938. The van der Waals surface area contributed by atoms with E-state index in [-0.39, 0.29) is 11.1 Å². The molecule has 0 amide bonds. The Morgan fingerprint density at radius 2 is 1.06 bits per heavy atom. The lowest BCUT2D eigenvalue weighted by molar-refractivity contribution is -0.173. The van der Waals surface area contributed by atoms with Gasteiger partial charge in [-0.25, -0.2) is 0 Å². The summed E-state index contributed by atoms with van der Waals surface area (Å²) >= 11 is 0. The smallest absolute Gasteiger partial charge is 0.0468 e.